The zero-order valence-corrected chi connectivity index (χ0v) is 13.9. The number of benzene rings is 1. The molecule has 3 rings (SSSR count). The molecule has 1 aromatic rings. The summed E-state index contributed by atoms with van der Waals surface area (Å²) in [6, 6.07) is 5.95. The van der Waals surface area contributed by atoms with E-state index in [0.29, 0.717) is 4.99 Å². The highest BCUT2D eigenvalue weighted by Crippen LogP contribution is 2.36. The van der Waals surface area contributed by atoms with Gasteiger partial charge in [0.25, 0.3) is 0 Å². The smallest absolute Gasteiger partial charge is 0.104 e. The Morgan fingerprint density at radius 3 is 2.71 bits per heavy atom. The molecule has 0 aromatic heterocycles. The van der Waals surface area contributed by atoms with Gasteiger partial charge in [-0.3, -0.25) is 4.90 Å². The minimum absolute atomic E-state index is 0.409. The van der Waals surface area contributed by atoms with Gasteiger partial charge in [0, 0.05) is 23.7 Å². The fraction of sp³-hybridized carbons (Fsp3) is 0.588. The number of halogens is 1. The van der Waals surface area contributed by atoms with Gasteiger partial charge < -0.3 is 5.73 Å². The lowest BCUT2D eigenvalue weighted by molar-refractivity contribution is 0.0821. The van der Waals surface area contributed by atoms with Crippen LogP contribution in [0.4, 0.5) is 0 Å². The van der Waals surface area contributed by atoms with Crippen molar-refractivity contribution in [2.24, 2.45) is 17.6 Å². The van der Waals surface area contributed by atoms with Crippen molar-refractivity contribution in [3.05, 3.63) is 34.3 Å². The second kappa shape index (κ2) is 6.64. The molecule has 1 aliphatic heterocycles. The van der Waals surface area contributed by atoms with E-state index in [1.165, 1.54) is 50.8 Å². The molecule has 1 aromatic carbocycles. The van der Waals surface area contributed by atoms with Crippen molar-refractivity contribution in [3.63, 3.8) is 0 Å². The Kier molecular flexibility index (Phi) is 4.82. The van der Waals surface area contributed by atoms with E-state index in [1.54, 1.807) is 0 Å². The molecule has 0 bridgehead atoms. The number of hydrogen-bond acceptors (Lipinski definition) is 2. The van der Waals surface area contributed by atoms with Gasteiger partial charge in [-0.2, -0.15) is 0 Å². The molecule has 2 unspecified atom stereocenters. The van der Waals surface area contributed by atoms with Gasteiger partial charge in [0.2, 0.25) is 0 Å². The Morgan fingerprint density at radius 2 is 2.00 bits per heavy atom. The quantitative estimate of drug-likeness (QED) is 0.853. The lowest BCUT2D eigenvalue weighted by Gasteiger charge is -2.41. The van der Waals surface area contributed by atoms with Crippen LogP contribution in [-0.4, -0.2) is 23.0 Å². The summed E-state index contributed by atoms with van der Waals surface area (Å²) in [6.07, 6.45) is 7.07. The maximum atomic E-state index is 6.39. The largest absolute Gasteiger partial charge is 0.389 e. The molecule has 2 N–H and O–H groups in total. The lowest BCUT2D eigenvalue weighted by Crippen LogP contribution is -2.41. The van der Waals surface area contributed by atoms with E-state index in [0.717, 1.165) is 29.0 Å². The van der Waals surface area contributed by atoms with Crippen molar-refractivity contribution in [2.75, 3.05) is 13.1 Å². The number of fused-ring (bicyclic) bond motifs is 1. The summed E-state index contributed by atoms with van der Waals surface area (Å²) in [6.45, 7) is 3.38. The van der Waals surface area contributed by atoms with E-state index in [4.69, 9.17) is 29.6 Å². The highest BCUT2D eigenvalue weighted by atomic mass is 35.5. The van der Waals surface area contributed by atoms with Crippen LogP contribution in [0.25, 0.3) is 0 Å². The number of hydrogen-bond donors (Lipinski definition) is 1. The third kappa shape index (κ3) is 3.58. The molecule has 1 saturated carbocycles. The van der Waals surface area contributed by atoms with E-state index in [2.05, 4.69) is 11.0 Å². The standard InChI is InChI=1S/C17H23ClN2S/c18-16-9-13(17(19)21)5-6-15(16)11-20-8-7-12-3-1-2-4-14(12)10-20/h5-6,9,12,14H,1-4,7-8,10-11H2,(H2,19,21). The van der Waals surface area contributed by atoms with Crippen molar-refractivity contribution in [3.8, 4) is 0 Å². The molecule has 2 fully saturated rings. The molecule has 2 atom stereocenters. The van der Waals surface area contributed by atoms with Crippen LogP contribution in [0.5, 0.6) is 0 Å². The molecule has 1 aliphatic carbocycles. The Hall–Kier alpha value is -0.640. The van der Waals surface area contributed by atoms with E-state index >= 15 is 0 Å². The number of nitrogens with zero attached hydrogens (tertiary/aromatic N) is 1. The summed E-state index contributed by atoms with van der Waals surface area (Å²) in [5.74, 6) is 1.88. The van der Waals surface area contributed by atoms with Gasteiger partial charge in [-0.1, -0.05) is 55.2 Å². The lowest BCUT2D eigenvalue weighted by atomic mass is 9.75. The van der Waals surface area contributed by atoms with Gasteiger partial charge in [0.05, 0.1) is 0 Å². The van der Waals surface area contributed by atoms with Crippen LogP contribution in [0, 0.1) is 11.8 Å². The number of nitrogens with two attached hydrogens (primary N) is 1. The third-order valence-corrected chi connectivity index (χ3v) is 5.69. The minimum atomic E-state index is 0.409. The monoisotopic (exact) mass is 322 g/mol. The number of rotatable bonds is 3. The SMILES string of the molecule is NC(=S)c1ccc(CN2CCC3CCCCC3C2)c(Cl)c1. The summed E-state index contributed by atoms with van der Waals surface area (Å²) in [5, 5.41) is 0.783. The first-order valence-electron chi connectivity index (χ1n) is 7.94. The molecular formula is C17H23ClN2S. The fourth-order valence-electron chi connectivity index (χ4n) is 3.89. The van der Waals surface area contributed by atoms with Gasteiger partial charge >= 0.3 is 0 Å². The van der Waals surface area contributed by atoms with Crippen LogP contribution >= 0.6 is 23.8 Å². The highest BCUT2D eigenvalue weighted by molar-refractivity contribution is 7.80. The summed E-state index contributed by atoms with van der Waals surface area (Å²) < 4.78 is 0. The number of likely N-dealkylation sites (tertiary alicyclic amines) is 1. The van der Waals surface area contributed by atoms with Crippen LogP contribution in [0.1, 0.15) is 43.2 Å². The number of piperidine rings is 1. The van der Waals surface area contributed by atoms with Crippen molar-refractivity contribution >= 4 is 28.8 Å². The van der Waals surface area contributed by atoms with Crippen LogP contribution in [0.15, 0.2) is 18.2 Å². The summed E-state index contributed by atoms with van der Waals surface area (Å²) in [4.78, 5) is 2.97. The highest BCUT2D eigenvalue weighted by Gasteiger charge is 2.31. The zero-order chi connectivity index (χ0) is 14.8. The molecule has 4 heteroatoms. The Balaban J connectivity index is 1.65. The summed E-state index contributed by atoms with van der Waals surface area (Å²) in [5.41, 5.74) is 7.69. The molecule has 2 aliphatic rings. The third-order valence-electron chi connectivity index (χ3n) is 5.11. The normalized spacial score (nSPS) is 26.3. The number of thiocarbonyl (C=S) groups is 1. The van der Waals surface area contributed by atoms with Gasteiger partial charge in [-0.05, 0) is 42.9 Å². The van der Waals surface area contributed by atoms with Gasteiger partial charge in [-0.15, -0.1) is 0 Å². The van der Waals surface area contributed by atoms with Gasteiger partial charge in [0.15, 0.2) is 0 Å². The molecule has 1 saturated heterocycles. The molecule has 0 radical (unpaired) electrons. The molecule has 0 amide bonds. The molecule has 21 heavy (non-hydrogen) atoms. The van der Waals surface area contributed by atoms with Crippen LogP contribution in [0.2, 0.25) is 5.02 Å². The molecule has 0 spiro atoms. The molecule has 1 heterocycles. The topological polar surface area (TPSA) is 29.3 Å². The fourth-order valence-corrected chi connectivity index (χ4v) is 4.26. The van der Waals surface area contributed by atoms with Gasteiger partial charge in [-0.25, -0.2) is 0 Å². The molecule has 2 nitrogen and oxygen atoms in total. The molecule has 114 valence electrons. The van der Waals surface area contributed by atoms with Crippen LogP contribution in [-0.2, 0) is 6.54 Å². The maximum absolute atomic E-state index is 6.39. The van der Waals surface area contributed by atoms with E-state index in [1.807, 2.05) is 12.1 Å². The zero-order valence-electron chi connectivity index (χ0n) is 12.4. The van der Waals surface area contributed by atoms with E-state index in [9.17, 15) is 0 Å². The first-order chi connectivity index (χ1) is 10.1. The van der Waals surface area contributed by atoms with Crippen molar-refractivity contribution < 1.29 is 0 Å². The van der Waals surface area contributed by atoms with Crippen molar-refractivity contribution in [1.29, 1.82) is 0 Å². The molecular weight excluding hydrogens is 300 g/mol. The maximum Gasteiger partial charge on any atom is 0.104 e. The van der Waals surface area contributed by atoms with E-state index < -0.39 is 0 Å². The predicted molar refractivity (Wildman–Crippen MR) is 92.7 cm³/mol. The predicted octanol–water partition coefficient (Wildman–Crippen LogP) is 3.99. The van der Waals surface area contributed by atoms with Gasteiger partial charge in [0.1, 0.15) is 4.99 Å². The van der Waals surface area contributed by atoms with E-state index in [-0.39, 0.29) is 0 Å². The summed E-state index contributed by atoms with van der Waals surface area (Å²) >= 11 is 11.4. The first-order valence-corrected chi connectivity index (χ1v) is 8.72. The average Bonchev–Trinajstić information content (AvgIpc) is 2.49. The summed E-state index contributed by atoms with van der Waals surface area (Å²) in [7, 11) is 0. The van der Waals surface area contributed by atoms with Crippen LogP contribution in [0.3, 0.4) is 0 Å². The van der Waals surface area contributed by atoms with Crippen molar-refractivity contribution in [1.82, 2.24) is 4.90 Å². The Morgan fingerprint density at radius 1 is 1.24 bits per heavy atom. The second-order valence-corrected chi connectivity index (χ2v) is 7.35. The second-order valence-electron chi connectivity index (χ2n) is 6.50. The average molecular weight is 323 g/mol. The Labute approximate surface area is 137 Å². The van der Waals surface area contributed by atoms with Crippen LogP contribution < -0.4 is 5.73 Å². The first kappa shape index (κ1) is 15.3. The minimum Gasteiger partial charge on any atom is -0.389 e. The van der Waals surface area contributed by atoms with Crippen molar-refractivity contribution in [2.45, 2.75) is 38.6 Å². The Bertz CT molecular complexity index is 532.